The number of hydrogen-bond acceptors (Lipinski definition) is 4. The van der Waals surface area contributed by atoms with E-state index in [1.165, 1.54) is 5.57 Å². The number of ketones is 1. The molecule has 0 fully saturated rings. The van der Waals surface area contributed by atoms with Crippen molar-refractivity contribution < 1.29 is 4.79 Å². The smallest absolute Gasteiger partial charge is 0.184 e. The SMILES string of the molecule is CC1=CC(=C(N=Nc2ccccc2Br)C2=C3C=CC=CC3CS2)C=C(C)C1=O. The van der Waals surface area contributed by atoms with Gasteiger partial charge in [-0.15, -0.1) is 22.0 Å². The third-order valence-electron chi connectivity index (χ3n) is 4.86. The first kappa shape index (κ1) is 19.1. The summed E-state index contributed by atoms with van der Waals surface area (Å²) in [6, 6.07) is 7.77. The second kappa shape index (κ2) is 8.02. The standard InChI is InChI=1S/C23H19BrN2OS/c1-14-11-17(12-15(2)22(14)27)21(26-25-20-10-6-5-9-19(20)24)23-18-8-4-3-7-16(18)13-28-23/h3-12,16H,13H2,1-2H3. The highest BCUT2D eigenvalue weighted by molar-refractivity contribution is 9.10. The van der Waals surface area contributed by atoms with Crippen molar-refractivity contribution in [1.29, 1.82) is 0 Å². The summed E-state index contributed by atoms with van der Waals surface area (Å²) in [5.74, 6) is 1.48. The molecule has 1 aliphatic heterocycles. The molecular formula is C23H19BrN2OS. The topological polar surface area (TPSA) is 41.8 Å². The van der Waals surface area contributed by atoms with Gasteiger partial charge in [-0.3, -0.25) is 4.79 Å². The van der Waals surface area contributed by atoms with Crippen LogP contribution in [-0.2, 0) is 4.79 Å². The molecule has 0 radical (unpaired) electrons. The molecule has 28 heavy (non-hydrogen) atoms. The van der Waals surface area contributed by atoms with Crippen LogP contribution in [0.5, 0.6) is 0 Å². The molecule has 1 aromatic rings. The van der Waals surface area contributed by atoms with Crippen LogP contribution in [0.1, 0.15) is 13.8 Å². The minimum Gasteiger partial charge on any atom is -0.289 e. The van der Waals surface area contributed by atoms with Crippen molar-refractivity contribution in [2.24, 2.45) is 16.1 Å². The lowest BCUT2D eigenvalue weighted by molar-refractivity contribution is -0.112. The van der Waals surface area contributed by atoms with E-state index in [4.69, 9.17) is 0 Å². The van der Waals surface area contributed by atoms with Gasteiger partial charge in [-0.05, 0) is 70.8 Å². The van der Waals surface area contributed by atoms with Crippen LogP contribution in [0, 0.1) is 5.92 Å². The maximum Gasteiger partial charge on any atom is 0.184 e. The molecule has 0 saturated carbocycles. The van der Waals surface area contributed by atoms with Crippen molar-refractivity contribution >= 4 is 39.2 Å². The van der Waals surface area contributed by atoms with E-state index in [0.29, 0.717) is 5.92 Å². The largest absolute Gasteiger partial charge is 0.289 e. The number of rotatable bonds is 3. The molecule has 5 heteroatoms. The zero-order valence-corrected chi connectivity index (χ0v) is 18.0. The maximum absolute atomic E-state index is 12.2. The van der Waals surface area contributed by atoms with Gasteiger partial charge in [-0.1, -0.05) is 36.4 Å². The summed E-state index contributed by atoms with van der Waals surface area (Å²) in [6.45, 7) is 3.71. The fraction of sp³-hybridized carbons (Fsp3) is 0.174. The summed E-state index contributed by atoms with van der Waals surface area (Å²) < 4.78 is 0.899. The zero-order chi connectivity index (χ0) is 19.7. The Hall–Kier alpha value is -2.24. The van der Waals surface area contributed by atoms with Gasteiger partial charge >= 0.3 is 0 Å². The molecule has 0 aromatic heterocycles. The highest BCUT2D eigenvalue weighted by Gasteiger charge is 2.28. The molecule has 3 nitrogen and oxygen atoms in total. The van der Waals surface area contributed by atoms with Crippen LogP contribution < -0.4 is 0 Å². The highest BCUT2D eigenvalue weighted by atomic mass is 79.9. The van der Waals surface area contributed by atoms with Crippen molar-refractivity contribution in [3.8, 4) is 0 Å². The van der Waals surface area contributed by atoms with E-state index in [-0.39, 0.29) is 5.78 Å². The monoisotopic (exact) mass is 450 g/mol. The lowest BCUT2D eigenvalue weighted by Gasteiger charge is -2.14. The van der Waals surface area contributed by atoms with Crippen molar-refractivity contribution in [1.82, 2.24) is 0 Å². The van der Waals surface area contributed by atoms with Crippen molar-refractivity contribution in [2.75, 3.05) is 5.75 Å². The molecule has 1 atom stereocenters. The normalized spacial score (nSPS) is 21.3. The maximum atomic E-state index is 12.2. The number of nitrogens with zero attached hydrogens (tertiary/aromatic N) is 2. The Labute approximate surface area is 177 Å². The number of allylic oxidation sites excluding steroid dienone is 10. The summed E-state index contributed by atoms with van der Waals surface area (Å²) in [5.41, 5.74) is 5.27. The number of azo groups is 1. The fourth-order valence-corrected chi connectivity index (χ4v) is 5.08. The summed E-state index contributed by atoms with van der Waals surface area (Å²) in [5, 5.41) is 9.20. The van der Waals surface area contributed by atoms with E-state index in [0.717, 1.165) is 43.2 Å². The zero-order valence-electron chi connectivity index (χ0n) is 15.6. The van der Waals surface area contributed by atoms with E-state index in [9.17, 15) is 4.79 Å². The van der Waals surface area contributed by atoms with Gasteiger partial charge in [0.1, 0.15) is 5.70 Å². The fourth-order valence-electron chi connectivity index (χ4n) is 3.39. The Bertz CT molecular complexity index is 1050. The second-order valence-corrected chi connectivity index (χ2v) is 8.77. The molecule has 3 aliphatic rings. The average Bonchev–Trinajstić information content (AvgIpc) is 3.11. The molecule has 1 aromatic carbocycles. The molecule has 2 aliphatic carbocycles. The Morgan fingerprint density at radius 2 is 1.89 bits per heavy atom. The third kappa shape index (κ3) is 3.69. The van der Waals surface area contributed by atoms with Crippen LogP contribution >= 0.6 is 27.7 Å². The van der Waals surface area contributed by atoms with Gasteiger partial charge in [0.05, 0.1) is 5.69 Å². The number of carbonyl (C=O) groups is 1. The van der Waals surface area contributed by atoms with Crippen molar-refractivity contribution in [2.45, 2.75) is 13.8 Å². The molecule has 0 bridgehead atoms. The summed E-state index contributed by atoms with van der Waals surface area (Å²) in [6.07, 6.45) is 12.4. The first-order chi connectivity index (χ1) is 13.5. The van der Waals surface area contributed by atoms with E-state index < -0.39 is 0 Å². The minimum absolute atomic E-state index is 0.0842. The van der Waals surface area contributed by atoms with E-state index >= 15 is 0 Å². The van der Waals surface area contributed by atoms with Crippen LogP contribution in [0.15, 0.2) is 108 Å². The van der Waals surface area contributed by atoms with Gasteiger partial charge in [-0.25, -0.2) is 0 Å². The number of halogens is 1. The molecule has 0 spiro atoms. The van der Waals surface area contributed by atoms with Gasteiger partial charge in [0.15, 0.2) is 5.78 Å². The minimum atomic E-state index is 0.0842. The van der Waals surface area contributed by atoms with E-state index in [2.05, 4.69) is 50.5 Å². The number of benzene rings is 1. The molecule has 1 unspecified atom stereocenters. The highest BCUT2D eigenvalue weighted by Crippen LogP contribution is 2.45. The molecule has 0 amide bonds. The van der Waals surface area contributed by atoms with Gasteiger partial charge < -0.3 is 0 Å². The molecule has 0 saturated heterocycles. The van der Waals surface area contributed by atoms with Crippen LogP contribution in [0.25, 0.3) is 0 Å². The predicted molar refractivity (Wildman–Crippen MR) is 119 cm³/mol. The number of carbonyl (C=O) groups excluding carboxylic acids is 1. The number of hydrogen-bond donors (Lipinski definition) is 0. The van der Waals surface area contributed by atoms with Crippen LogP contribution in [0.4, 0.5) is 5.69 Å². The summed E-state index contributed by atoms with van der Waals surface area (Å²) in [4.78, 5) is 13.3. The second-order valence-electron chi connectivity index (χ2n) is 6.89. The lowest BCUT2D eigenvalue weighted by atomic mass is 9.92. The quantitative estimate of drug-likeness (QED) is 0.464. The molecule has 4 rings (SSSR count). The van der Waals surface area contributed by atoms with Gasteiger partial charge in [-0.2, -0.15) is 0 Å². The van der Waals surface area contributed by atoms with Crippen molar-refractivity contribution in [3.63, 3.8) is 0 Å². The Morgan fingerprint density at radius 1 is 1.14 bits per heavy atom. The Balaban J connectivity index is 1.87. The number of thioether (sulfide) groups is 1. The Kier molecular flexibility index (Phi) is 5.47. The summed E-state index contributed by atoms with van der Waals surface area (Å²) >= 11 is 5.33. The van der Waals surface area contributed by atoms with Gasteiger partial charge in [0.2, 0.25) is 0 Å². The molecular weight excluding hydrogens is 432 g/mol. The first-order valence-corrected chi connectivity index (χ1v) is 10.9. The average molecular weight is 451 g/mol. The lowest BCUT2D eigenvalue weighted by Crippen LogP contribution is -2.07. The van der Waals surface area contributed by atoms with Crippen LogP contribution in [0.2, 0.25) is 0 Å². The first-order valence-electron chi connectivity index (χ1n) is 9.08. The van der Waals surface area contributed by atoms with E-state index in [1.54, 1.807) is 11.8 Å². The predicted octanol–water partition coefficient (Wildman–Crippen LogP) is 7.01. The van der Waals surface area contributed by atoms with E-state index in [1.807, 2.05) is 50.3 Å². The van der Waals surface area contributed by atoms with Crippen molar-refractivity contribution in [3.05, 3.63) is 98.1 Å². The Morgan fingerprint density at radius 3 is 2.64 bits per heavy atom. The molecule has 1 heterocycles. The van der Waals surface area contributed by atoms with Gasteiger partial charge in [0.25, 0.3) is 0 Å². The summed E-state index contributed by atoms with van der Waals surface area (Å²) in [7, 11) is 0. The number of fused-ring (bicyclic) bond motifs is 1. The van der Waals surface area contributed by atoms with Gasteiger partial charge in [0, 0.05) is 26.6 Å². The molecule has 140 valence electrons. The number of Topliss-reactive ketones (excluding diaryl/α,β-unsaturated/α-hetero) is 1. The van der Waals surface area contributed by atoms with Crippen LogP contribution in [-0.4, -0.2) is 11.5 Å². The molecule has 0 N–H and O–H groups in total. The van der Waals surface area contributed by atoms with Crippen LogP contribution in [0.3, 0.4) is 0 Å². The third-order valence-corrected chi connectivity index (χ3v) is 6.77.